The summed E-state index contributed by atoms with van der Waals surface area (Å²) in [7, 11) is 2.22. The van der Waals surface area contributed by atoms with Crippen LogP contribution in [0.15, 0.2) is 24.3 Å². The topological polar surface area (TPSA) is 29.3 Å². The number of hydrogen-bond acceptors (Lipinski definition) is 2. The van der Waals surface area contributed by atoms with E-state index in [2.05, 4.69) is 50.1 Å². The zero-order valence-electron chi connectivity index (χ0n) is 11.9. The van der Waals surface area contributed by atoms with Gasteiger partial charge >= 0.3 is 0 Å². The number of benzene rings is 1. The van der Waals surface area contributed by atoms with Crippen molar-refractivity contribution < 1.29 is 0 Å². The van der Waals surface area contributed by atoms with Crippen molar-refractivity contribution in [2.45, 2.75) is 44.6 Å². The fourth-order valence-electron chi connectivity index (χ4n) is 2.76. The molecule has 1 aliphatic rings. The molecule has 1 saturated heterocycles. The highest BCUT2D eigenvalue weighted by Crippen LogP contribution is 2.29. The maximum atomic E-state index is 6.12. The quantitative estimate of drug-likeness (QED) is 0.869. The molecular formula is C16H26N2. The molecule has 1 aromatic rings. The zero-order valence-corrected chi connectivity index (χ0v) is 11.9. The van der Waals surface area contributed by atoms with Gasteiger partial charge in [-0.3, -0.25) is 0 Å². The number of rotatable bonds is 2. The Balaban J connectivity index is 2.09. The highest BCUT2D eigenvalue weighted by molar-refractivity contribution is 5.29. The van der Waals surface area contributed by atoms with E-state index < -0.39 is 0 Å². The normalized spacial score (nSPS) is 22.8. The predicted octanol–water partition coefficient (Wildman–Crippen LogP) is 3.08. The maximum Gasteiger partial charge on any atom is 0.0352 e. The Morgan fingerprint density at radius 1 is 1.11 bits per heavy atom. The third-order valence-electron chi connectivity index (χ3n) is 4.08. The minimum atomic E-state index is -0.234. The van der Waals surface area contributed by atoms with Crippen LogP contribution in [0.3, 0.4) is 0 Å². The van der Waals surface area contributed by atoms with Crippen LogP contribution in [-0.2, 0) is 5.54 Å². The number of hydrogen-bond donors (Lipinski definition) is 1. The minimum absolute atomic E-state index is 0.234. The van der Waals surface area contributed by atoms with Crippen LogP contribution in [0.2, 0.25) is 0 Å². The van der Waals surface area contributed by atoms with Gasteiger partial charge in [-0.25, -0.2) is 0 Å². The van der Waals surface area contributed by atoms with Crippen LogP contribution in [0.4, 0.5) is 0 Å². The molecule has 2 rings (SSSR count). The highest BCUT2D eigenvalue weighted by atomic mass is 15.1. The second kappa shape index (κ2) is 5.41. The van der Waals surface area contributed by atoms with Crippen molar-refractivity contribution in [2.24, 2.45) is 5.73 Å². The molecular weight excluding hydrogens is 220 g/mol. The lowest BCUT2D eigenvalue weighted by Gasteiger charge is -2.21. The molecule has 0 amide bonds. The third-order valence-corrected chi connectivity index (χ3v) is 4.08. The molecule has 1 fully saturated rings. The second-order valence-corrected chi connectivity index (χ2v) is 6.27. The van der Waals surface area contributed by atoms with E-state index in [1.54, 1.807) is 0 Å². The first kappa shape index (κ1) is 13.6. The summed E-state index contributed by atoms with van der Waals surface area (Å²) in [5.41, 5.74) is 8.59. The van der Waals surface area contributed by atoms with Gasteiger partial charge in [-0.05, 0) is 70.3 Å². The molecule has 1 aliphatic heterocycles. The van der Waals surface area contributed by atoms with Gasteiger partial charge in [0.05, 0.1) is 0 Å². The number of likely N-dealkylation sites (tertiary alicyclic amines) is 1. The van der Waals surface area contributed by atoms with Crippen LogP contribution in [0.1, 0.15) is 50.2 Å². The van der Waals surface area contributed by atoms with Gasteiger partial charge in [0.2, 0.25) is 0 Å². The van der Waals surface area contributed by atoms with Gasteiger partial charge in [-0.1, -0.05) is 24.3 Å². The predicted molar refractivity (Wildman–Crippen MR) is 77.7 cm³/mol. The lowest BCUT2D eigenvalue weighted by atomic mass is 9.88. The van der Waals surface area contributed by atoms with Crippen LogP contribution >= 0.6 is 0 Å². The number of nitrogens with zero attached hydrogens (tertiary/aromatic N) is 1. The van der Waals surface area contributed by atoms with Crippen LogP contribution in [-0.4, -0.2) is 25.0 Å². The summed E-state index contributed by atoms with van der Waals surface area (Å²) in [5.74, 6) is 0.727. The summed E-state index contributed by atoms with van der Waals surface area (Å²) in [4.78, 5) is 2.44. The van der Waals surface area contributed by atoms with E-state index in [-0.39, 0.29) is 5.54 Å². The Morgan fingerprint density at radius 2 is 1.78 bits per heavy atom. The molecule has 100 valence electrons. The van der Waals surface area contributed by atoms with Crippen LogP contribution in [0.25, 0.3) is 0 Å². The Bertz CT molecular complexity index is 375. The van der Waals surface area contributed by atoms with Gasteiger partial charge in [0.15, 0.2) is 0 Å². The largest absolute Gasteiger partial charge is 0.322 e. The van der Waals surface area contributed by atoms with Crippen LogP contribution < -0.4 is 5.73 Å². The van der Waals surface area contributed by atoms with Crippen molar-refractivity contribution in [3.05, 3.63) is 35.4 Å². The van der Waals surface area contributed by atoms with Crippen molar-refractivity contribution >= 4 is 0 Å². The Kier molecular flexibility index (Phi) is 4.08. The SMILES string of the molecule is CN1CCCC(c2ccc(C(C)(C)N)cc2)CC1. The Hall–Kier alpha value is -0.860. The Labute approximate surface area is 111 Å². The molecule has 0 aromatic heterocycles. The monoisotopic (exact) mass is 246 g/mol. The molecule has 2 nitrogen and oxygen atoms in total. The molecule has 1 heterocycles. The average molecular weight is 246 g/mol. The average Bonchev–Trinajstić information content (AvgIpc) is 2.53. The molecule has 1 aromatic carbocycles. The van der Waals surface area contributed by atoms with Gasteiger partial charge in [-0.15, -0.1) is 0 Å². The lowest BCUT2D eigenvalue weighted by molar-refractivity contribution is 0.347. The first-order valence-corrected chi connectivity index (χ1v) is 7.04. The summed E-state index contributed by atoms with van der Waals surface area (Å²) in [5, 5.41) is 0. The summed E-state index contributed by atoms with van der Waals surface area (Å²) < 4.78 is 0. The summed E-state index contributed by atoms with van der Waals surface area (Å²) in [6.07, 6.45) is 3.91. The van der Waals surface area contributed by atoms with Crippen molar-refractivity contribution in [1.29, 1.82) is 0 Å². The van der Waals surface area contributed by atoms with E-state index in [4.69, 9.17) is 5.73 Å². The second-order valence-electron chi connectivity index (χ2n) is 6.27. The Morgan fingerprint density at radius 3 is 2.39 bits per heavy atom. The smallest absolute Gasteiger partial charge is 0.0352 e. The fraction of sp³-hybridized carbons (Fsp3) is 0.625. The van der Waals surface area contributed by atoms with Crippen molar-refractivity contribution in [1.82, 2.24) is 4.90 Å². The molecule has 2 N–H and O–H groups in total. The van der Waals surface area contributed by atoms with E-state index in [9.17, 15) is 0 Å². The van der Waals surface area contributed by atoms with Gasteiger partial charge < -0.3 is 10.6 Å². The number of nitrogens with two attached hydrogens (primary N) is 1. The van der Waals surface area contributed by atoms with E-state index in [1.807, 2.05) is 0 Å². The molecule has 1 unspecified atom stereocenters. The molecule has 0 radical (unpaired) electrons. The molecule has 2 heteroatoms. The molecule has 0 saturated carbocycles. The lowest BCUT2D eigenvalue weighted by Crippen LogP contribution is -2.28. The van der Waals surface area contributed by atoms with Gasteiger partial charge in [0, 0.05) is 5.54 Å². The molecule has 0 bridgehead atoms. The van der Waals surface area contributed by atoms with E-state index in [0.717, 1.165) is 5.92 Å². The molecule has 0 spiro atoms. The van der Waals surface area contributed by atoms with E-state index in [1.165, 1.54) is 43.5 Å². The summed E-state index contributed by atoms with van der Waals surface area (Å²) in [6, 6.07) is 8.95. The summed E-state index contributed by atoms with van der Waals surface area (Å²) >= 11 is 0. The van der Waals surface area contributed by atoms with Gasteiger partial charge in [0.25, 0.3) is 0 Å². The van der Waals surface area contributed by atoms with Crippen molar-refractivity contribution in [3.63, 3.8) is 0 Å². The molecule has 18 heavy (non-hydrogen) atoms. The zero-order chi connectivity index (χ0) is 13.2. The fourth-order valence-corrected chi connectivity index (χ4v) is 2.76. The standard InChI is InChI=1S/C16H26N2/c1-16(2,17)15-8-6-14(7-9-15)13-5-4-11-18(3)12-10-13/h6-9,13H,4-5,10-12,17H2,1-3H3. The first-order chi connectivity index (χ1) is 8.47. The van der Waals surface area contributed by atoms with Crippen molar-refractivity contribution in [3.8, 4) is 0 Å². The van der Waals surface area contributed by atoms with Crippen LogP contribution in [0, 0.1) is 0 Å². The maximum absolute atomic E-state index is 6.12. The van der Waals surface area contributed by atoms with Gasteiger partial charge in [0.1, 0.15) is 0 Å². The minimum Gasteiger partial charge on any atom is -0.322 e. The van der Waals surface area contributed by atoms with E-state index in [0.29, 0.717) is 0 Å². The molecule has 1 atom stereocenters. The summed E-state index contributed by atoms with van der Waals surface area (Å²) in [6.45, 7) is 6.57. The van der Waals surface area contributed by atoms with Crippen molar-refractivity contribution in [2.75, 3.05) is 20.1 Å². The first-order valence-electron chi connectivity index (χ1n) is 7.04. The molecule has 0 aliphatic carbocycles. The highest BCUT2D eigenvalue weighted by Gasteiger charge is 2.18. The van der Waals surface area contributed by atoms with Crippen LogP contribution in [0.5, 0.6) is 0 Å². The van der Waals surface area contributed by atoms with E-state index >= 15 is 0 Å². The van der Waals surface area contributed by atoms with Gasteiger partial charge in [-0.2, -0.15) is 0 Å². The third kappa shape index (κ3) is 3.33.